The summed E-state index contributed by atoms with van der Waals surface area (Å²) in [5, 5.41) is 7.73. The standard InChI is InChI=1S/C25H37N3O5/c1-5-32-25(30)21(31-4)6-7-28-24(33-14-15(2)3)20(13-26-28)23(29)27-22-18-9-16-8-17(11-18)12-19(22)10-16/h6,13,15-19,22H,5,7-12,14H2,1-4H3,(H,27,29). The molecule has 0 aliphatic heterocycles. The Kier molecular flexibility index (Phi) is 7.29. The number of allylic oxidation sites excluding steroid dienone is 1. The zero-order valence-electron chi connectivity index (χ0n) is 20.2. The number of carbonyl (C=O) groups excluding carboxylic acids is 2. The molecule has 5 rings (SSSR count). The SMILES string of the molecule is CCOC(=O)C(=CCn1ncc(C(=O)NC2C3CC4CC(C3)CC2C4)c1OCC(C)C)OC. The van der Waals surface area contributed by atoms with Crippen LogP contribution in [0, 0.1) is 29.6 Å². The Bertz CT molecular complexity index is 863. The Morgan fingerprint density at radius 3 is 2.42 bits per heavy atom. The molecule has 8 nitrogen and oxygen atoms in total. The number of esters is 1. The Balaban J connectivity index is 1.50. The normalized spacial score (nSPS) is 28.2. The van der Waals surface area contributed by atoms with E-state index in [1.807, 2.05) is 0 Å². The molecule has 8 heteroatoms. The van der Waals surface area contributed by atoms with Crippen LogP contribution in [0.15, 0.2) is 18.0 Å². The summed E-state index contributed by atoms with van der Waals surface area (Å²) in [5.41, 5.74) is 0.438. The molecule has 0 aromatic carbocycles. The van der Waals surface area contributed by atoms with Crippen molar-refractivity contribution in [1.29, 1.82) is 0 Å². The minimum Gasteiger partial charge on any atom is -0.490 e. The fourth-order valence-corrected chi connectivity index (χ4v) is 6.07. The lowest BCUT2D eigenvalue weighted by atomic mass is 9.54. The Morgan fingerprint density at radius 1 is 1.18 bits per heavy atom. The van der Waals surface area contributed by atoms with E-state index in [9.17, 15) is 9.59 Å². The molecule has 0 atom stereocenters. The summed E-state index contributed by atoms with van der Waals surface area (Å²) in [7, 11) is 1.42. The van der Waals surface area contributed by atoms with Crippen molar-refractivity contribution in [2.75, 3.05) is 20.3 Å². The molecule has 1 N–H and O–H groups in total. The van der Waals surface area contributed by atoms with Crippen LogP contribution in [-0.2, 0) is 20.8 Å². The van der Waals surface area contributed by atoms with E-state index in [1.165, 1.54) is 39.2 Å². The van der Waals surface area contributed by atoms with Crippen molar-refractivity contribution in [3.63, 3.8) is 0 Å². The van der Waals surface area contributed by atoms with Crippen molar-refractivity contribution in [3.05, 3.63) is 23.6 Å². The molecule has 0 saturated heterocycles. The minimum atomic E-state index is -0.531. The molecule has 0 unspecified atom stereocenters. The average Bonchev–Trinajstić information content (AvgIpc) is 3.17. The molecule has 4 fully saturated rings. The zero-order valence-corrected chi connectivity index (χ0v) is 20.2. The smallest absolute Gasteiger partial charge is 0.373 e. The zero-order chi connectivity index (χ0) is 23.5. The minimum absolute atomic E-state index is 0.0988. The number of hydrogen-bond acceptors (Lipinski definition) is 6. The first kappa shape index (κ1) is 23.6. The van der Waals surface area contributed by atoms with E-state index in [2.05, 4.69) is 24.3 Å². The van der Waals surface area contributed by atoms with Crippen LogP contribution in [0.4, 0.5) is 0 Å². The van der Waals surface area contributed by atoms with Gasteiger partial charge in [-0.1, -0.05) is 13.8 Å². The summed E-state index contributed by atoms with van der Waals surface area (Å²) in [4.78, 5) is 25.4. The molecule has 4 bridgehead atoms. The maximum absolute atomic E-state index is 13.3. The number of aromatic nitrogens is 2. The molecular weight excluding hydrogens is 422 g/mol. The molecule has 182 valence electrons. The summed E-state index contributed by atoms with van der Waals surface area (Å²) in [6.45, 7) is 6.80. The van der Waals surface area contributed by atoms with Gasteiger partial charge >= 0.3 is 5.97 Å². The number of rotatable bonds is 10. The van der Waals surface area contributed by atoms with Gasteiger partial charge in [0.15, 0.2) is 0 Å². The Labute approximate surface area is 196 Å². The van der Waals surface area contributed by atoms with Gasteiger partial charge in [0.25, 0.3) is 5.91 Å². The van der Waals surface area contributed by atoms with Crippen LogP contribution in [0.2, 0.25) is 0 Å². The molecule has 4 aliphatic carbocycles. The van der Waals surface area contributed by atoms with Crippen molar-refractivity contribution in [1.82, 2.24) is 15.1 Å². The predicted molar refractivity (Wildman–Crippen MR) is 123 cm³/mol. The van der Waals surface area contributed by atoms with E-state index in [1.54, 1.807) is 23.9 Å². The van der Waals surface area contributed by atoms with Gasteiger partial charge in [-0.3, -0.25) is 4.79 Å². The van der Waals surface area contributed by atoms with Gasteiger partial charge in [-0.2, -0.15) is 5.10 Å². The third kappa shape index (κ3) is 5.20. The van der Waals surface area contributed by atoms with E-state index < -0.39 is 5.97 Å². The van der Waals surface area contributed by atoms with Crippen molar-refractivity contribution < 1.29 is 23.8 Å². The maximum Gasteiger partial charge on any atom is 0.373 e. The number of nitrogens with one attached hydrogen (secondary N) is 1. The summed E-state index contributed by atoms with van der Waals surface area (Å²) < 4.78 is 17.8. The first-order valence-electron chi connectivity index (χ1n) is 12.3. The van der Waals surface area contributed by atoms with Crippen molar-refractivity contribution in [3.8, 4) is 5.88 Å². The third-order valence-corrected chi connectivity index (χ3v) is 7.26. The van der Waals surface area contributed by atoms with Gasteiger partial charge < -0.3 is 19.5 Å². The van der Waals surface area contributed by atoms with Crippen LogP contribution in [0.5, 0.6) is 5.88 Å². The predicted octanol–water partition coefficient (Wildman–Crippen LogP) is 3.57. The maximum atomic E-state index is 13.3. The molecule has 4 aliphatic rings. The first-order valence-corrected chi connectivity index (χ1v) is 12.3. The Morgan fingerprint density at radius 2 is 1.85 bits per heavy atom. The first-order chi connectivity index (χ1) is 15.9. The second-order valence-electron chi connectivity index (χ2n) is 10.2. The number of hydrogen-bond donors (Lipinski definition) is 1. The summed E-state index contributed by atoms with van der Waals surface area (Å²) in [6, 6.07) is 0.246. The second kappa shape index (κ2) is 10.2. The van der Waals surface area contributed by atoms with E-state index in [4.69, 9.17) is 14.2 Å². The Hall–Kier alpha value is -2.51. The van der Waals surface area contributed by atoms with E-state index >= 15 is 0 Å². The molecule has 0 spiro atoms. The van der Waals surface area contributed by atoms with Gasteiger partial charge in [-0.15, -0.1) is 0 Å². The average molecular weight is 460 g/mol. The van der Waals surface area contributed by atoms with Crippen LogP contribution in [-0.4, -0.2) is 48.0 Å². The van der Waals surface area contributed by atoms with E-state index in [0.717, 1.165) is 11.8 Å². The van der Waals surface area contributed by atoms with Gasteiger partial charge in [0.2, 0.25) is 11.6 Å². The van der Waals surface area contributed by atoms with Crippen LogP contribution >= 0.6 is 0 Å². The molecule has 33 heavy (non-hydrogen) atoms. The van der Waals surface area contributed by atoms with Crippen LogP contribution < -0.4 is 10.1 Å². The molecule has 4 saturated carbocycles. The fourth-order valence-electron chi connectivity index (χ4n) is 6.07. The lowest BCUT2D eigenvalue weighted by Crippen LogP contribution is -2.55. The number of nitrogens with zero attached hydrogens (tertiary/aromatic N) is 2. The lowest BCUT2D eigenvalue weighted by molar-refractivity contribution is -0.142. The highest BCUT2D eigenvalue weighted by Crippen LogP contribution is 2.53. The van der Waals surface area contributed by atoms with Gasteiger partial charge in [0.05, 0.1) is 33.1 Å². The number of carbonyl (C=O) groups is 2. The van der Waals surface area contributed by atoms with Crippen LogP contribution in [0.25, 0.3) is 0 Å². The number of methoxy groups -OCH3 is 1. The third-order valence-electron chi connectivity index (χ3n) is 7.26. The largest absolute Gasteiger partial charge is 0.490 e. The highest BCUT2D eigenvalue weighted by molar-refractivity contribution is 5.96. The van der Waals surface area contributed by atoms with Crippen molar-refractivity contribution in [2.24, 2.45) is 29.6 Å². The quantitative estimate of drug-likeness (QED) is 0.327. The van der Waals surface area contributed by atoms with Crippen LogP contribution in [0.3, 0.4) is 0 Å². The van der Waals surface area contributed by atoms with Gasteiger partial charge in [-0.25, -0.2) is 9.48 Å². The topological polar surface area (TPSA) is 91.7 Å². The summed E-state index contributed by atoms with van der Waals surface area (Å²) >= 11 is 0. The molecule has 1 aromatic heterocycles. The number of ether oxygens (including phenoxy) is 3. The van der Waals surface area contributed by atoms with Gasteiger partial charge in [0, 0.05) is 6.04 Å². The number of amides is 1. The van der Waals surface area contributed by atoms with Gasteiger partial charge in [0.1, 0.15) is 5.56 Å². The molecule has 1 aromatic rings. The van der Waals surface area contributed by atoms with Crippen molar-refractivity contribution >= 4 is 11.9 Å². The summed E-state index contributed by atoms with van der Waals surface area (Å²) in [6.07, 6.45) is 9.51. The lowest BCUT2D eigenvalue weighted by Gasteiger charge is -2.54. The second-order valence-corrected chi connectivity index (χ2v) is 10.2. The molecular formula is C25H37N3O5. The van der Waals surface area contributed by atoms with Crippen molar-refractivity contribution in [2.45, 2.75) is 65.5 Å². The van der Waals surface area contributed by atoms with Gasteiger partial charge in [-0.05, 0) is 74.7 Å². The molecule has 1 amide bonds. The van der Waals surface area contributed by atoms with E-state index in [-0.39, 0.29) is 30.9 Å². The fraction of sp³-hybridized carbons (Fsp3) is 0.720. The summed E-state index contributed by atoms with van der Waals surface area (Å²) in [5.74, 6) is 3.05. The highest BCUT2D eigenvalue weighted by atomic mass is 16.6. The monoisotopic (exact) mass is 459 g/mol. The highest BCUT2D eigenvalue weighted by Gasteiger charge is 2.48. The molecule has 1 heterocycles. The molecule has 0 radical (unpaired) electrons. The van der Waals surface area contributed by atoms with Crippen LogP contribution in [0.1, 0.15) is 63.2 Å². The van der Waals surface area contributed by atoms with E-state index in [0.29, 0.717) is 35.8 Å².